The average Bonchev–Trinajstić information content (AvgIpc) is 3.35. The highest BCUT2D eigenvalue weighted by molar-refractivity contribution is 8.00. The normalized spacial score (nSPS) is 10.9. The van der Waals surface area contributed by atoms with E-state index in [2.05, 4.69) is 20.5 Å². The lowest BCUT2D eigenvalue weighted by Crippen LogP contribution is -2.14. The Morgan fingerprint density at radius 2 is 2.14 bits per heavy atom. The molecule has 0 spiro atoms. The van der Waals surface area contributed by atoms with E-state index >= 15 is 0 Å². The number of hydrogen-bond donors (Lipinski definition) is 1. The van der Waals surface area contributed by atoms with Gasteiger partial charge in [0.15, 0.2) is 0 Å². The number of rotatable bonds is 6. The Morgan fingerprint density at radius 1 is 1.28 bits per heavy atom. The summed E-state index contributed by atoms with van der Waals surface area (Å²) in [7, 11) is 0. The summed E-state index contributed by atoms with van der Waals surface area (Å²) >= 11 is 4.37. The van der Waals surface area contributed by atoms with Crippen LogP contribution in [0.25, 0.3) is 20.8 Å². The highest BCUT2D eigenvalue weighted by Crippen LogP contribution is 2.36. The molecular formula is C18H13N5O3S3. The monoisotopic (exact) mass is 443 g/mol. The summed E-state index contributed by atoms with van der Waals surface area (Å²) in [6, 6.07) is 9.77. The van der Waals surface area contributed by atoms with Gasteiger partial charge in [0, 0.05) is 17.8 Å². The topological polar surface area (TPSA) is 111 Å². The first-order valence-corrected chi connectivity index (χ1v) is 11.0. The number of thioether (sulfide) groups is 1. The maximum atomic E-state index is 12.3. The second-order valence-corrected chi connectivity index (χ2v) is 9.00. The van der Waals surface area contributed by atoms with E-state index < -0.39 is 4.92 Å². The average molecular weight is 444 g/mol. The third-order valence-corrected chi connectivity index (χ3v) is 6.64. The Labute approximate surface area is 177 Å². The van der Waals surface area contributed by atoms with Gasteiger partial charge in [0.2, 0.25) is 5.91 Å². The van der Waals surface area contributed by atoms with Crippen LogP contribution in [0, 0.1) is 17.0 Å². The second kappa shape index (κ2) is 8.23. The van der Waals surface area contributed by atoms with Crippen molar-refractivity contribution in [3.8, 4) is 10.6 Å². The minimum absolute atomic E-state index is 0.0786. The zero-order valence-corrected chi connectivity index (χ0v) is 17.4. The number of nitro benzene ring substituents is 1. The molecule has 4 rings (SSSR count). The molecule has 0 unspecified atom stereocenters. The fourth-order valence-electron chi connectivity index (χ4n) is 2.62. The first-order chi connectivity index (χ1) is 14.0. The van der Waals surface area contributed by atoms with Gasteiger partial charge < -0.3 is 5.32 Å². The summed E-state index contributed by atoms with van der Waals surface area (Å²) in [5.74, 6) is -0.207. The van der Waals surface area contributed by atoms with E-state index in [1.807, 2.05) is 24.4 Å². The van der Waals surface area contributed by atoms with Crippen LogP contribution in [0.1, 0.15) is 5.01 Å². The molecule has 146 valence electrons. The van der Waals surface area contributed by atoms with Crippen LogP contribution in [0.5, 0.6) is 0 Å². The van der Waals surface area contributed by atoms with Gasteiger partial charge in [-0.05, 0) is 24.4 Å². The number of fused-ring (bicyclic) bond motifs is 1. The number of hydrogen-bond acceptors (Lipinski definition) is 9. The second-order valence-electron chi connectivity index (χ2n) is 5.89. The number of nitrogens with zero attached hydrogens (tertiary/aromatic N) is 4. The molecule has 0 saturated heterocycles. The summed E-state index contributed by atoms with van der Waals surface area (Å²) in [4.78, 5) is 28.2. The van der Waals surface area contributed by atoms with Gasteiger partial charge in [-0.3, -0.25) is 14.9 Å². The zero-order chi connectivity index (χ0) is 20.4. The fourth-order valence-corrected chi connectivity index (χ4v) is 5.11. The predicted molar refractivity (Wildman–Crippen MR) is 116 cm³/mol. The van der Waals surface area contributed by atoms with E-state index in [9.17, 15) is 14.9 Å². The van der Waals surface area contributed by atoms with Crippen LogP contribution >= 0.6 is 34.4 Å². The number of thiophene rings is 1. The quantitative estimate of drug-likeness (QED) is 0.260. The predicted octanol–water partition coefficient (Wildman–Crippen LogP) is 4.76. The van der Waals surface area contributed by atoms with Crippen LogP contribution in [-0.2, 0) is 4.79 Å². The van der Waals surface area contributed by atoms with Crippen molar-refractivity contribution in [2.45, 2.75) is 11.9 Å². The number of carbonyl (C=O) groups is 1. The maximum absolute atomic E-state index is 12.3. The standard InChI is InChI=1S/C18H13N5O3S3/c1-10-19-16-17(29-10)15(13-6-3-7-27-13)21-22-18(16)28-9-14(24)20-11-4-2-5-12(8-11)23(25)26/h2-8H,9H2,1H3,(H,20,24). The number of benzene rings is 1. The zero-order valence-electron chi connectivity index (χ0n) is 15.0. The van der Waals surface area contributed by atoms with Crippen LogP contribution in [0.15, 0.2) is 46.8 Å². The number of non-ortho nitro benzene ring substituents is 1. The van der Waals surface area contributed by atoms with E-state index in [4.69, 9.17) is 0 Å². The van der Waals surface area contributed by atoms with Crippen LogP contribution in [0.2, 0.25) is 0 Å². The van der Waals surface area contributed by atoms with Gasteiger partial charge in [0.1, 0.15) is 16.2 Å². The number of carbonyl (C=O) groups excluding carboxylic acids is 1. The summed E-state index contributed by atoms with van der Waals surface area (Å²) in [6.45, 7) is 1.92. The smallest absolute Gasteiger partial charge is 0.271 e. The number of nitro groups is 1. The molecular weight excluding hydrogens is 430 g/mol. The molecule has 29 heavy (non-hydrogen) atoms. The van der Waals surface area contributed by atoms with Crippen molar-refractivity contribution in [1.29, 1.82) is 0 Å². The summed E-state index contributed by atoms with van der Waals surface area (Å²) < 4.78 is 0.946. The number of thiazole rings is 1. The van der Waals surface area contributed by atoms with Gasteiger partial charge in [-0.25, -0.2) is 4.98 Å². The first kappa shape index (κ1) is 19.4. The molecule has 4 aromatic rings. The van der Waals surface area contributed by atoms with Gasteiger partial charge in [0.05, 0.1) is 25.3 Å². The van der Waals surface area contributed by atoms with Crippen LogP contribution in [0.3, 0.4) is 0 Å². The molecule has 8 nitrogen and oxygen atoms in total. The van der Waals surface area contributed by atoms with E-state index in [1.54, 1.807) is 28.7 Å². The third kappa shape index (κ3) is 4.26. The molecule has 0 bridgehead atoms. The van der Waals surface area contributed by atoms with Crippen LogP contribution in [0.4, 0.5) is 11.4 Å². The first-order valence-electron chi connectivity index (χ1n) is 8.36. The Bertz CT molecular complexity index is 1210. The molecule has 0 aliphatic heterocycles. The highest BCUT2D eigenvalue weighted by Gasteiger charge is 2.17. The molecule has 0 aliphatic carbocycles. The number of aryl methyl sites for hydroxylation is 1. The molecule has 0 saturated carbocycles. The van der Waals surface area contributed by atoms with Crippen molar-refractivity contribution >= 4 is 61.9 Å². The number of anilines is 1. The van der Waals surface area contributed by atoms with E-state index in [0.29, 0.717) is 10.7 Å². The SMILES string of the molecule is Cc1nc2c(SCC(=O)Nc3cccc([N+](=O)[O-])c3)nnc(-c3cccs3)c2s1. The van der Waals surface area contributed by atoms with E-state index in [0.717, 1.165) is 25.8 Å². The molecule has 0 aliphatic rings. The lowest BCUT2D eigenvalue weighted by atomic mass is 10.3. The molecule has 3 heterocycles. The van der Waals surface area contributed by atoms with Crippen molar-refractivity contribution in [3.05, 3.63) is 56.9 Å². The lowest BCUT2D eigenvalue weighted by Gasteiger charge is -2.06. The molecule has 1 N–H and O–H groups in total. The minimum atomic E-state index is -0.504. The largest absolute Gasteiger partial charge is 0.325 e. The van der Waals surface area contributed by atoms with Gasteiger partial charge in [-0.2, -0.15) is 0 Å². The molecule has 0 radical (unpaired) electrons. The summed E-state index contributed by atoms with van der Waals surface area (Å²) in [6.07, 6.45) is 0. The van der Waals surface area contributed by atoms with Crippen molar-refractivity contribution in [3.63, 3.8) is 0 Å². The van der Waals surface area contributed by atoms with Crippen molar-refractivity contribution in [1.82, 2.24) is 15.2 Å². The number of aromatic nitrogens is 3. The van der Waals surface area contributed by atoms with Crippen molar-refractivity contribution in [2.24, 2.45) is 0 Å². The Kier molecular flexibility index (Phi) is 5.51. The highest BCUT2D eigenvalue weighted by atomic mass is 32.2. The van der Waals surface area contributed by atoms with Gasteiger partial charge in [0.25, 0.3) is 5.69 Å². The molecule has 1 aromatic carbocycles. The summed E-state index contributed by atoms with van der Waals surface area (Å²) in [5, 5.41) is 25.6. The Morgan fingerprint density at radius 3 is 2.90 bits per heavy atom. The van der Waals surface area contributed by atoms with Crippen molar-refractivity contribution < 1.29 is 9.72 Å². The van der Waals surface area contributed by atoms with Gasteiger partial charge >= 0.3 is 0 Å². The Balaban J connectivity index is 1.51. The van der Waals surface area contributed by atoms with E-state index in [-0.39, 0.29) is 17.3 Å². The number of nitrogens with one attached hydrogen (secondary N) is 1. The summed E-state index contributed by atoms with van der Waals surface area (Å²) in [5.41, 5.74) is 1.83. The maximum Gasteiger partial charge on any atom is 0.271 e. The molecule has 11 heteroatoms. The molecule has 0 atom stereocenters. The van der Waals surface area contributed by atoms with Crippen LogP contribution in [-0.4, -0.2) is 31.8 Å². The molecule has 1 amide bonds. The fraction of sp³-hybridized carbons (Fsp3) is 0.111. The van der Waals surface area contributed by atoms with E-state index in [1.165, 1.54) is 30.0 Å². The van der Waals surface area contributed by atoms with Crippen LogP contribution < -0.4 is 5.32 Å². The van der Waals surface area contributed by atoms with Gasteiger partial charge in [-0.15, -0.1) is 32.9 Å². The molecule has 0 fully saturated rings. The molecule has 3 aromatic heterocycles. The van der Waals surface area contributed by atoms with Crippen molar-refractivity contribution in [2.75, 3.05) is 11.1 Å². The lowest BCUT2D eigenvalue weighted by molar-refractivity contribution is -0.384. The van der Waals surface area contributed by atoms with Gasteiger partial charge in [-0.1, -0.05) is 23.9 Å². The Hall–Kier alpha value is -2.89. The minimum Gasteiger partial charge on any atom is -0.325 e. The third-order valence-electron chi connectivity index (χ3n) is 3.83. The number of amides is 1.